The lowest BCUT2D eigenvalue weighted by Gasteiger charge is -2.10. The highest BCUT2D eigenvalue weighted by Gasteiger charge is 2.21. The van der Waals surface area contributed by atoms with E-state index in [9.17, 15) is 9.36 Å². The predicted octanol–water partition coefficient (Wildman–Crippen LogP) is -0.218. The van der Waals surface area contributed by atoms with Crippen molar-refractivity contribution >= 4 is 13.6 Å². The normalized spacial score (nSPS) is 16.8. The maximum Gasteiger partial charge on any atom is 0.327 e. The SMILES string of the molecule is COP(=O)(O)CC[C@@H](N)C(=O)O.N. The summed E-state index contributed by atoms with van der Waals surface area (Å²) in [5.74, 6) is -1.19. The minimum Gasteiger partial charge on any atom is -0.480 e. The first-order chi connectivity index (χ1) is 5.39. The number of hydrogen-bond acceptors (Lipinski definition) is 5. The second-order valence-corrected chi connectivity index (χ2v) is 4.36. The van der Waals surface area contributed by atoms with Crippen molar-refractivity contribution < 1.29 is 23.9 Å². The van der Waals surface area contributed by atoms with Crippen LogP contribution in [0.25, 0.3) is 0 Å². The quantitative estimate of drug-likeness (QED) is 0.463. The molecule has 2 atom stereocenters. The van der Waals surface area contributed by atoms with Gasteiger partial charge >= 0.3 is 13.6 Å². The summed E-state index contributed by atoms with van der Waals surface area (Å²) in [6, 6.07) is -1.11. The van der Waals surface area contributed by atoms with Gasteiger partial charge in [-0.1, -0.05) is 0 Å². The Morgan fingerprint density at radius 2 is 2.15 bits per heavy atom. The average Bonchev–Trinajstić information content (AvgIpc) is 2.00. The summed E-state index contributed by atoms with van der Waals surface area (Å²) in [7, 11) is -2.52. The molecule has 0 saturated carbocycles. The van der Waals surface area contributed by atoms with Gasteiger partial charge in [-0.05, 0) is 6.42 Å². The molecule has 0 aliphatic rings. The molecule has 0 spiro atoms. The first kappa shape index (κ1) is 15.0. The van der Waals surface area contributed by atoms with Crippen molar-refractivity contribution in [3.05, 3.63) is 0 Å². The Labute approximate surface area is 76.0 Å². The van der Waals surface area contributed by atoms with Crippen LogP contribution in [0.2, 0.25) is 0 Å². The summed E-state index contributed by atoms with van der Waals surface area (Å²) in [5, 5.41) is 8.31. The van der Waals surface area contributed by atoms with Gasteiger partial charge in [-0.25, -0.2) is 0 Å². The van der Waals surface area contributed by atoms with E-state index in [1.54, 1.807) is 0 Å². The van der Waals surface area contributed by atoms with Crippen LogP contribution in [0.15, 0.2) is 0 Å². The smallest absolute Gasteiger partial charge is 0.327 e. The van der Waals surface area contributed by atoms with Gasteiger partial charge in [0.2, 0.25) is 0 Å². The Hall–Kier alpha value is -0.460. The molecule has 7 N–H and O–H groups in total. The zero-order valence-corrected chi connectivity index (χ0v) is 8.24. The van der Waals surface area contributed by atoms with Crippen molar-refractivity contribution in [2.24, 2.45) is 5.73 Å². The van der Waals surface area contributed by atoms with Crippen LogP contribution in [0.4, 0.5) is 0 Å². The van der Waals surface area contributed by atoms with E-state index in [1.165, 1.54) is 0 Å². The summed E-state index contributed by atoms with van der Waals surface area (Å²) in [5.41, 5.74) is 5.09. The highest BCUT2D eigenvalue weighted by atomic mass is 31.2. The zero-order chi connectivity index (χ0) is 9.78. The largest absolute Gasteiger partial charge is 0.480 e. The minimum atomic E-state index is -3.61. The molecule has 80 valence electrons. The summed E-state index contributed by atoms with van der Waals surface area (Å²) in [6.45, 7) is 0. The van der Waals surface area contributed by atoms with Crippen LogP contribution in [0, 0.1) is 0 Å². The molecule has 0 bridgehead atoms. The molecule has 1 unspecified atom stereocenters. The van der Waals surface area contributed by atoms with Gasteiger partial charge in [-0.2, -0.15) is 0 Å². The van der Waals surface area contributed by atoms with Gasteiger partial charge in [0.15, 0.2) is 0 Å². The van der Waals surface area contributed by atoms with Crippen LogP contribution in [0.1, 0.15) is 6.42 Å². The summed E-state index contributed by atoms with van der Waals surface area (Å²) < 4.78 is 15.0. The highest BCUT2D eigenvalue weighted by Crippen LogP contribution is 2.41. The van der Waals surface area contributed by atoms with E-state index in [0.29, 0.717) is 0 Å². The Bertz CT molecular complexity index is 209. The summed E-state index contributed by atoms with van der Waals surface area (Å²) in [6.07, 6.45) is -0.312. The Kier molecular flexibility index (Phi) is 7.01. The monoisotopic (exact) mass is 214 g/mol. The maximum atomic E-state index is 10.8. The molecule has 0 amide bonds. The van der Waals surface area contributed by atoms with Crippen LogP contribution in [0.3, 0.4) is 0 Å². The fourth-order valence-electron chi connectivity index (χ4n) is 0.517. The molecular formula is C5H15N2O5P. The van der Waals surface area contributed by atoms with E-state index in [1.807, 2.05) is 0 Å². The molecule has 0 aromatic heterocycles. The third-order valence-electron chi connectivity index (χ3n) is 1.33. The number of rotatable bonds is 5. The Morgan fingerprint density at radius 3 is 2.46 bits per heavy atom. The number of nitrogens with two attached hydrogens (primary N) is 1. The van der Waals surface area contributed by atoms with Crippen LogP contribution in [0.5, 0.6) is 0 Å². The molecule has 0 aromatic carbocycles. The number of carboxylic acid groups (broad SMARTS) is 1. The number of carbonyl (C=O) groups is 1. The molecule has 0 saturated heterocycles. The lowest BCUT2D eigenvalue weighted by Crippen LogP contribution is -2.30. The van der Waals surface area contributed by atoms with Crippen molar-refractivity contribution in [3.63, 3.8) is 0 Å². The Morgan fingerprint density at radius 1 is 1.69 bits per heavy atom. The van der Waals surface area contributed by atoms with Crippen LogP contribution in [-0.2, 0) is 13.9 Å². The molecule has 0 aromatic rings. The van der Waals surface area contributed by atoms with Gasteiger partial charge < -0.3 is 26.4 Å². The van der Waals surface area contributed by atoms with Gasteiger partial charge in [-0.3, -0.25) is 9.36 Å². The molecule has 7 nitrogen and oxygen atoms in total. The lowest BCUT2D eigenvalue weighted by atomic mass is 10.2. The maximum absolute atomic E-state index is 10.8. The molecule has 13 heavy (non-hydrogen) atoms. The summed E-state index contributed by atoms with van der Waals surface area (Å²) in [4.78, 5) is 19.0. The van der Waals surface area contributed by atoms with Gasteiger partial charge in [0, 0.05) is 7.11 Å². The number of aliphatic carboxylic acids is 1. The standard InChI is InChI=1S/C5H12NO5P.H3N/c1-11-12(9,10)3-2-4(6)5(7)8;/h4H,2-3,6H2,1H3,(H,7,8)(H,9,10);1H3/t4-;/m1./s1. The minimum absolute atomic E-state index is 0. The molecule has 0 rings (SSSR count). The third-order valence-corrected chi connectivity index (χ3v) is 2.72. The van der Waals surface area contributed by atoms with Gasteiger partial charge in [-0.15, -0.1) is 0 Å². The van der Waals surface area contributed by atoms with E-state index in [4.69, 9.17) is 15.7 Å². The van der Waals surface area contributed by atoms with Gasteiger partial charge in [0.25, 0.3) is 0 Å². The first-order valence-electron chi connectivity index (χ1n) is 3.25. The van der Waals surface area contributed by atoms with Crippen molar-refractivity contribution in [1.29, 1.82) is 0 Å². The molecule has 0 radical (unpaired) electrons. The van der Waals surface area contributed by atoms with Crippen molar-refractivity contribution in [1.82, 2.24) is 6.15 Å². The average molecular weight is 214 g/mol. The van der Waals surface area contributed by atoms with E-state index in [-0.39, 0.29) is 18.7 Å². The summed E-state index contributed by atoms with van der Waals surface area (Å²) >= 11 is 0. The molecule has 8 heteroatoms. The molecule has 0 aliphatic carbocycles. The highest BCUT2D eigenvalue weighted by molar-refractivity contribution is 7.52. The Balaban J connectivity index is 0. The van der Waals surface area contributed by atoms with E-state index in [2.05, 4.69) is 4.52 Å². The zero-order valence-electron chi connectivity index (χ0n) is 7.34. The van der Waals surface area contributed by atoms with Crippen LogP contribution >= 0.6 is 7.60 Å². The van der Waals surface area contributed by atoms with Crippen LogP contribution < -0.4 is 11.9 Å². The molecule has 0 aliphatic heterocycles. The van der Waals surface area contributed by atoms with E-state index in [0.717, 1.165) is 7.11 Å². The van der Waals surface area contributed by atoms with Crippen molar-refractivity contribution in [2.45, 2.75) is 12.5 Å². The fourth-order valence-corrected chi connectivity index (χ4v) is 1.30. The fraction of sp³-hybridized carbons (Fsp3) is 0.800. The molecule has 0 fully saturated rings. The van der Waals surface area contributed by atoms with Gasteiger partial charge in [0.05, 0.1) is 6.16 Å². The lowest BCUT2D eigenvalue weighted by molar-refractivity contribution is -0.138. The first-order valence-corrected chi connectivity index (χ1v) is 5.01. The van der Waals surface area contributed by atoms with E-state index >= 15 is 0 Å². The predicted molar refractivity (Wildman–Crippen MR) is 47.0 cm³/mol. The van der Waals surface area contributed by atoms with Gasteiger partial charge in [0.1, 0.15) is 6.04 Å². The number of carboxylic acids is 1. The second-order valence-electron chi connectivity index (χ2n) is 2.28. The second kappa shape index (κ2) is 6.06. The van der Waals surface area contributed by atoms with Crippen molar-refractivity contribution in [3.8, 4) is 0 Å². The van der Waals surface area contributed by atoms with E-state index < -0.39 is 19.6 Å². The topological polar surface area (TPSA) is 145 Å². The van der Waals surface area contributed by atoms with Crippen LogP contribution in [-0.4, -0.2) is 35.3 Å². The third kappa shape index (κ3) is 6.68. The molecule has 0 heterocycles. The number of hydrogen-bond donors (Lipinski definition) is 4. The van der Waals surface area contributed by atoms with Crippen molar-refractivity contribution in [2.75, 3.05) is 13.3 Å². The molecular weight excluding hydrogens is 199 g/mol.